The summed E-state index contributed by atoms with van der Waals surface area (Å²) in [4.78, 5) is 26.1. The standard InChI is InChI=1S/C17H16Cl2N2O3S/c1-9(24-13-6-5-11(18)8-12(13)19)16(22)20-21-17(23)15-7-10-3-2-4-14(10)25-15/h5-9H,2-4H2,1H3,(H,20,22)(H,21,23). The Morgan fingerprint density at radius 3 is 2.72 bits per heavy atom. The molecule has 2 N–H and O–H groups in total. The second kappa shape index (κ2) is 7.64. The highest BCUT2D eigenvalue weighted by Crippen LogP contribution is 2.30. The summed E-state index contributed by atoms with van der Waals surface area (Å²) in [5, 5.41) is 0.786. The van der Waals surface area contributed by atoms with Gasteiger partial charge in [0.25, 0.3) is 11.8 Å². The number of thiophene rings is 1. The number of carbonyl (C=O) groups excluding carboxylic acids is 2. The van der Waals surface area contributed by atoms with Crippen molar-refractivity contribution in [1.82, 2.24) is 10.9 Å². The lowest BCUT2D eigenvalue weighted by atomic mass is 10.2. The first-order chi connectivity index (χ1) is 11.9. The molecule has 0 bridgehead atoms. The largest absolute Gasteiger partial charge is 0.479 e. The number of rotatable bonds is 4. The monoisotopic (exact) mass is 398 g/mol. The summed E-state index contributed by atoms with van der Waals surface area (Å²) in [5.41, 5.74) is 6.02. The third-order valence-electron chi connectivity index (χ3n) is 3.84. The number of hydrazine groups is 1. The number of hydrogen-bond donors (Lipinski definition) is 2. The van der Waals surface area contributed by atoms with Crippen molar-refractivity contribution in [2.24, 2.45) is 0 Å². The Labute approximate surface area is 159 Å². The minimum absolute atomic E-state index is 0.310. The first-order valence-corrected chi connectivity index (χ1v) is 9.35. The van der Waals surface area contributed by atoms with Gasteiger partial charge < -0.3 is 4.74 Å². The molecule has 0 saturated heterocycles. The molecular weight excluding hydrogens is 383 g/mol. The lowest BCUT2D eigenvalue weighted by Gasteiger charge is -2.16. The SMILES string of the molecule is CC(Oc1ccc(Cl)cc1Cl)C(=O)NNC(=O)c1cc2c(s1)CCC2. The zero-order valence-corrected chi connectivity index (χ0v) is 15.7. The molecule has 1 aliphatic rings. The van der Waals surface area contributed by atoms with Crippen LogP contribution < -0.4 is 15.6 Å². The van der Waals surface area contributed by atoms with E-state index in [4.69, 9.17) is 27.9 Å². The fraction of sp³-hybridized carbons (Fsp3) is 0.294. The number of carbonyl (C=O) groups is 2. The smallest absolute Gasteiger partial charge is 0.279 e. The van der Waals surface area contributed by atoms with Gasteiger partial charge in [0, 0.05) is 9.90 Å². The van der Waals surface area contributed by atoms with Crippen molar-refractivity contribution in [3.63, 3.8) is 0 Å². The molecule has 1 aliphatic carbocycles. The van der Waals surface area contributed by atoms with E-state index in [9.17, 15) is 9.59 Å². The van der Waals surface area contributed by atoms with Gasteiger partial charge in [0.2, 0.25) is 0 Å². The molecule has 5 nitrogen and oxygen atoms in total. The highest BCUT2D eigenvalue weighted by atomic mass is 35.5. The molecule has 1 aromatic carbocycles. The molecule has 1 aromatic heterocycles. The summed E-state index contributed by atoms with van der Waals surface area (Å²) in [5.74, 6) is -0.470. The van der Waals surface area contributed by atoms with Crippen LogP contribution in [0.2, 0.25) is 10.0 Å². The van der Waals surface area contributed by atoms with Gasteiger partial charge in [-0.3, -0.25) is 20.4 Å². The van der Waals surface area contributed by atoms with E-state index < -0.39 is 12.0 Å². The van der Waals surface area contributed by atoms with Gasteiger partial charge in [-0.05, 0) is 56.0 Å². The average Bonchev–Trinajstić information content (AvgIpc) is 3.16. The molecule has 8 heteroatoms. The van der Waals surface area contributed by atoms with Crippen molar-refractivity contribution in [2.75, 3.05) is 0 Å². The normalized spacial score (nSPS) is 13.9. The Hall–Kier alpha value is -1.76. The number of nitrogens with one attached hydrogen (secondary N) is 2. The Bertz CT molecular complexity index is 801. The number of fused-ring (bicyclic) bond motifs is 1. The molecular formula is C17H16Cl2N2O3S. The molecule has 0 radical (unpaired) electrons. The Kier molecular flexibility index (Phi) is 5.51. The van der Waals surface area contributed by atoms with E-state index in [1.54, 1.807) is 19.1 Å². The van der Waals surface area contributed by atoms with Crippen LogP contribution in [0.1, 0.15) is 33.5 Å². The van der Waals surface area contributed by atoms with E-state index in [-0.39, 0.29) is 5.91 Å². The molecule has 2 aromatic rings. The van der Waals surface area contributed by atoms with Gasteiger partial charge in [0.15, 0.2) is 6.10 Å². The lowest BCUT2D eigenvalue weighted by Crippen LogP contribution is -2.47. The topological polar surface area (TPSA) is 67.4 Å². The van der Waals surface area contributed by atoms with E-state index in [2.05, 4.69) is 10.9 Å². The van der Waals surface area contributed by atoms with Gasteiger partial charge in [-0.15, -0.1) is 11.3 Å². The van der Waals surface area contributed by atoms with Crippen molar-refractivity contribution in [3.05, 3.63) is 49.6 Å². The van der Waals surface area contributed by atoms with Crippen LogP contribution in [0.5, 0.6) is 5.75 Å². The van der Waals surface area contributed by atoms with Crippen LogP contribution in [0.25, 0.3) is 0 Å². The van der Waals surface area contributed by atoms with Crippen LogP contribution in [0.15, 0.2) is 24.3 Å². The number of amides is 2. The van der Waals surface area contributed by atoms with Crippen LogP contribution in [0.4, 0.5) is 0 Å². The molecule has 1 unspecified atom stereocenters. The Balaban J connectivity index is 1.53. The maximum absolute atomic E-state index is 12.1. The van der Waals surface area contributed by atoms with Gasteiger partial charge >= 0.3 is 0 Å². The summed E-state index contributed by atoms with van der Waals surface area (Å²) >= 11 is 13.3. The molecule has 0 spiro atoms. The number of halogens is 2. The highest BCUT2D eigenvalue weighted by Gasteiger charge is 2.20. The van der Waals surface area contributed by atoms with E-state index >= 15 is 0 Å². The molecule has 3 rings (SSSR count). The van der Waals surface area contributed by atoms with Crippen LogP contribution >= 0.6 is 34.5 Å². The second-order valence-electron chi connectivity index (χ2n) is 5.69. The zero-order valence-electron chi connectivity index (χ0n) is 13.4. The third kappa shape index (κ3) is 4.26. The van der Waals surface area contributed by atoms with Gasteiger partial charge in [0.05, 0.1) is 9.90 Å². The van der Waals surface area contributed by atoms with Crippen molar-refractivity contribution >= 4 is 46.4 Å². The maximum atomic E-state index is 12.1. The van der Waals surface area contributed by atoms with Gasteiger partial charge in [-0.1, -0.05) is 23.2 Å². The van der Waals surface area contributed by atoms with Crippen molar-refractivity contribution < 1.29 is 14.3 Å². The van der Waals surface area contributed by atoms with Crippen molar-refractivity contribution in [2.45, 2.75) is 32.3 Å². The molecule has 0 saturated carbocycles. The Morgan fingerprint density at radius 2 is 2.00 bits per heavy atom. The minimum atomic E-state index is -0.840. The van der Waals surface area contributed by atoms with Gasteiger partial charge in [0.1, 0.15) is 5.75 Å². The quantitative estimate of drug-likeness (QED) is 0.770. The molecule has 0 fully saturated rings. The van der Waals surface area contributed by atoms with Crippen LogP contribution in [0.3, 0.4) is 0 Å². The zero-order chi connectivity index (χ0) is 18.0. The first-order valence-electron chi connectivity index (χ1n) is 7.77. The molecule has 0 aliphatic heterocycles. The lowest BCUT2D eigenvalue weighted by molar-refractivity contribution is -0.128. The summed E-state index contributed by atoms with van der Waals surface area (Å²) in [7, 11) is 0. The number of ether oxygens (including phenoxy) is 1. The summed E-state index contributed by atoms with van der Waals surface area (Å²) < 4.78 is 5.50. The van der Waals surface area contributed by atoms with Crippen LogP contribution in [-0.4, -0.2) is 17.9 Å². The maximum Gasteiger partial charge on any atom is 0.279 e. The number of aryl methyl sites for hydroxylation is 2. The number of hydrogen-bond acceptors (Lipinski definition) is 4. The van der Waals surface area contributed by atoms with Crippen LogP contribution in [0, 0.1) is 0 Å². The van der Waals surface area contributed by atoms with Crippen molar-refractivity contribution in [1.29, 1.82) is 0 Å². The minimum Gasteiger partial charge on any atom is -0.479 e. The van der Waals surface area contributed by atoms with Gasteiger partial charge in [-0.25, -0.2) is 0 Å². The number of benzene rings is 1. The predicted octanol–water partition coefficient (Wildman–Crippen LogP) is 3.77. The summed E-state index contributed by atoms with van der Waals surface area (Å²) in [6.07, 6.45) is 2.33. The second-order valence-corrected chi connectivity index (χ2v) is 7.67. The summed E-state index contributed by atoms with van der Waals surface area (Å²) in [6, 6.07) is 6.62. The third-order valence-corrected chi connectivity index (χ3v) is 5.60. The van der Waals surface area contributed by atoms with E-state index in [0.29, 0.717) is 20.7 Å². The van der Waals surface area contributed by atoms with Crippen molar-refractivity contribution in [3.8, 4) is 5.75 Å². The molecule has 1 atom stereocenters. The Morgan fingerprint density at radius 1 is 1.20 bits per heavy atom. The first kappa shape index (κ1) is 18.0. The highest BCUT2D eigenvalue weighted by molar-refractivity contribution is 7.14. The molecule has 1 heterocycles. The van der Waals surface area contributed by atoms with E-state index in [1.807, 2.05) is 6.07 Å². The molecule has 25 heavy (non-hydrogen) atoms. The molecule has 2 amide bonds. The summed E-state index contributed by atoms with van der Waals surface area (Å²) in [6.45, 7) is 1.56. The fourth-order valence-corrected chi connectivity index (χ4v) is 4.14. The fourth-order valence-electron chi connectivity index (χ4n) is 2.54. The van der Waals surface area contributed by atoms with Crippen LogP contribution in [-0.2, 0) is 17.6 Å². The average molecular weight is 399 g/mol. The van der Waals surface area contributed by atoms with Gasteiger partial charge in [-0.2, -0.15) is 0 Å². The van der Waals surface area contributed by atoms with E-state index in [1.165, 1.54) is 27.8 Å². The van der Waals surface area contributed by atoms with E-state index in [0.717, 1.165) is 19.3 Å². The predicted molar refractivity (Wildman–Crippen MR) is 98.5 cm³/mol. The molecule has 132 valence electrons.